The predicted molar refractivity (Wildman–Crippen MR) is 142 cm³/mol. The maximum atomic E-state index is 7.53. The number of hydrogen-bond donors (Lipinski definition) is 0. The zero-order valence-electron chi connectivity index (χ0n) is 21.5. The van der Waals surface area contributed by atoms with Crippen LogP contribution in [0.1, 0.15) is 69.8 Å². The Balaban J connectivity index is 1.13. The maximum Gasteiger partial charge on any atom is 0.0974 e. The van der Waals surface area contributed by atoms with E-state index in [1.54, 1.807) is 5.57 Å². The Hall–Kier alpha value is -2.01. The van der Waals surface area contributed by atoms with Gasteiger partial charge < -0.3 is 9.47 Å². The molecule has 36 heavy (non-hydrogen) atoms. The molecule has 1 aromatic heterocycles. The Morgan fingerprint density at radius 1 is 1.03 bits per heavy atom. The number of ether oxygens (including phenoxy) is 2. The third kappa shape index (κ3) is 2.95. The summed E-state index contributed by atoms with van der Waals surface area (Å²) in [6.45, 7) is 6.52. The number of morpholine rings is 1. The fraction of sp³-hybridized carbons (Fsp3) is 0.594. The van der Waals surface area contributed by atoms with Gasteiger partial charge in [0.1, 0.15) is 0 Å². The van der Waals surface area contributed by atoms with Gasteiger partial charge in [-0.05, 0) is 103 Å². The van der Waals surface area contributed by atoms with Crippen molar-refractivity contribution in [2.24, 2.45) is 11.3 Å². The highest BCUT2D eigenvalue weighted by atomic mass is 16.5. The van der Waals surface area contributed by atoms with Crippen molar-refractivity contribution in [3.8, 4) is 0 Å². The van der Waals surface area contributed by atoms with E-state index in [0.717, 1.165) is 26.3 Å². The molecule has 0 unspecified atom stereocenters. The summed E-state index contributed by atoms with van der Waals surface area (Å²) in [7, 11) is 0. The molecule has 2 aromatic rings. The molecule has 4 heteroatoms. The quantitative estimate of drug-likeness (QED) is 0.512. The van der Waals surface area contributed by atoms with E-state index in [4.69, 9.17) is 9.47 Å². The second-order valence-electron chi connectivity index (χ2n) is 12.7. The number of nitrogens with zero attached hydrogens (tertiary/aromatic N) is 2. The molecule has 0 radical (unpaired) electrons. The highest BCUT2D eigenvalue weighted by Gasteiger charge is 2.66. The molecule has 6 aliphatic rings. The average Bonchev–Trinajstić information content (AvgIpc) is 3.43. The van der Waals surface area contributed by atoms with Crippen molar-refractivity contribution in [2.45, 2.75) is 81.5 Å². The molecule has 4 fully saturated rings. The van der Waals surface area contributed by atoms with E-state index in [1.165, 1.54) is 73.3 Å². The monoisotopic (exact) mass is 482 g/mol. The molecule has 188 valence electrons. The van der Waals surface area contributed by atoms with Crippen LogP contribution in [-0.4, -0.2) is 53.4 Å². The Morgan fingerprint density at radius 3 is 2.86 bits per heavy atom. The van der Waals surface area contributed by atoms with E-state index in [9.17, 15) is 0 Å². The Labute approximate surface area is 214 Å². The standard InChI is InChI=1S/C32H38N2O2/c1-30-10-8-26-19-25-4-5-27(34-14-16-35-17-15-34)20-31(25)11-12-32(26,36-31)29(30)7-6-28(30)23-3-2-22-9-13-33-21-24(22)18-23/h2-3,8-9,13,18-19,21,27-29H,4-7,10-12,14-17,20H2,1H3/t27-,28+,29+,30+,31+,32+/m0/s1. The minimum Gasteiger partial charge on any atom is -0.379 e. The van der Waals surface area contributed by atoms with Gasteiger partial charge in [0.25, 0.3) is 0 Å². The Bertz CT molecular complexity index is 1280. The van der Waals surface area contributed by atoms with Crippen molar-refractivity contribution < 1.29 is 9.47 Å². The molecule has 2 spiro atoms. The van der Waals surface area contributed by atoms with E-state index < -0.39 is 0 Å². The lowest BCUT2D eigenvalue weighted by atomic mass is 9.58. The van der Waals surface area contributed by atoms with Crippen LogP contribution in [-0.2, 0) is 9.47 Å². The van der Waals surface area contributed by atoms with Crippen LogP contribution in [0.3, 0.4) is 0 Å². The van der Waals surface area contributed by atoms with Gasteiger partial charge in [0.2, 0.25) is 0 Å². The molecule has 1 aromatic carbocycles. The molecule has 0 N–H and O–H groups in total. The number of rotatable bonds is 2. The zero-order valence-corrected chi connectivity index (χ0v) is 21.5. The molecule has 8 rings (SSSR count). The van der Waals surface area contributed by atoms with Crippen LogP contribution in [0.5, 0.6) is 0 Å². The van der Waals surface area contributed by atoms with Crippen LogP contribution >= 0.6 is 0 Å². The zero-order chi connectivity index (χ0) is 24.0. The maximum absolute atomic E-state index is 7.53. The van der Waals surface area contributed by atoms with Crippen molar-refractivity contribution in [3.05, 3.63) is 65.5 Å². The summed E-state index contributed by atoms with van der Waals surface area (Å²) in [6.07, 6.45) is 18.9. The predicted octanol–water partition coefficient (Wildman–Crippen LogP) is 6.18. The van der Waals surface area contributed by atoms with Gasteiger partial charge in [0.15, 0.2) is 0 Å². The first-order chi connectivity index (χ1) is 17.6. The molecule has 2 saturated carbocycles. The van der Waals surface area contributed by atoms with Gasteiger partial charge in [-0.3, -0.25) is 9.88 Å². The van der Waals surface area contributed by atoms with Crippen LogP contribution in [0.2, 0.25) is 0 Å². The number of fused-ring (bicyclic) bond motifs is 2. The first-order valence-corrected chi connectivity index (χ1v) is 14.4. The molecule has 3 aliphatic heterocycles. The van der Waals surface area contributed by atoms with Crippen LogP contribution < -0.4 is 0 Å². The fourth-order valence-electron chi connectivity index (χ4n) is 9.50. The van der Waals surface area contributed by atoms with Gasteiger partial charge in [0.05, 0.1) is 24.4 Å². The number of pyridine rings is 1. The van der Waals surface area contributed by atoms with Crippen molar-refractivity contribution in [3.63, 3.8) is 0 Å². The second kappa shape index (κ2) is 7.75. The number of allylic oxidation sites excluding steroid dienone is 1. The lowest BCUT2D eigenvalue weighted by molar-refractivity contribution is -0.143. The Kier molecular flexibility index (Phi) is 4.74. The third-order valence-corrected chi connectivity index (χ3v) is 11.3. The molecule has 2 bridgehead atoms. The first-order valence-electron chi connectivity index (χ1n) is 14.4. The average molecular weight is 483 g/mol. The van der Waals surface area contributed by atoms with E-state index >= 15 is 0 Å². The SMILES string of the molecule is C[C@]12CC=C3C=C4CC[C@H](N5CCOCC5)C[C@]45CC[C@]3(O5)[C@@H]1CC[C@@H]2c1ccc2ccncc2c1. The summed E-state index contributed by atoms with van der Waals surface area (Å²) >= 11 is 0. The highest BCUT2D eigenvalue weighted by Crippen LogP contribution is 2.69. The minimum atomic E-state index is -0.0729. The van der Waals surface area contributed by atoms with Gasteiger partial charge in [-0.15, -0.1) is 0 Å². The van der Waals surface area contributed by atoms with Gasteiger partial charge in [-0.1, -0.05) is 31.2 Å². The van der Waals surface area contributed by atoms with Gasteiger partial charge >= 0.3 is 0 Å². The molecule has 4 heterocycles. The molecule has 4 nitrogen and oxygen atoms in total. The Morgan fingerprint density at radius 2 is 1.94 bits per heavy atom. The van der Waals surface area contributed by atoms with Crippen LogP contribution in [0.25, 0.3) is 10.8 Å². The van der Waals surface area contributed by atoms with Crippen molar-refractivity contribution in [2.75, 3.05) is 26.3 Å². The minimum absolute atomic E-state index is 0.0243. The van der Waals surface area contributed by atoms with Crippen molar-refractivity contribution >= 4 is 10.8 Å². The molecular weight excluding hydrogens is 444 g/mol. The first kappa shape index (κ1) is 22.0. The lowest BCUT2D eigenvalue weighted by Gasteiger charge is -2.55. The number of benzene rings is 1. The van der Waals surface area contributed by atoms with Crippen molar-refractivity contribution in [1.82, 2.24) is 9.88 Å². The largest absolute Gasteiger partial charge is 0.379 e. The van der Waals surface area contributed by atoms with Gasteiger partial charge in [-0.2, -0.15) is 0 Å². The summed E-state index contributed by atoms with van der Waals surface area (Å²) in [5.41, 5.74) is 4.78. The second-order valence-corrected chi connectivity index (χ2v) is 12.7. The third-order valence-electron chi connectivity index (χ3n) is 11.3. The number of hydrogen-bond acceptors (Lipinski definition) is 4. The van der Waals surface area contributed by atoms with Crippen molar-refractivity contribution in [1.29, 1.82) is 0 Å². The molecule has 6 atom stereocenters. The topological polar surface area (TPSA) is 34.6 Å². The summed E-state index contributed by atoms with van der Waals surface area (Å²) in [5, 5.41) is 2.56. The summed E-state index contributed by atoms with van der Waals surface area (Å²) < 4.78 is 13.2. The smallest absolute Gasteiger partial charge is 0.0974 e. The van der Waals surface area contributed by atoms with Gasteiger partial charge in [0, 0.05) is 36.9 Å². The fourth-order valence-corrected chi connectivity index (χ4v) is 9.50. The van der Waals surface area contributed by atoms with Gasteiger partial charge in [-0.25, -0.2) is 0 Å². The normalized spacial score (nSPS) is 41.9. The van der Waals surface area contributed by atoms with Crippen LogP contribution in [0.15, 0.2) is 60.0 Å². The summed E-state index contributed by atoms with van der Waals surface area (Å²) in [5.74, 6) is 1.18. The molecule has 2 saturated heterocycles. The van der Waals surface area contributed by atoms with Crippen LogP contribution in [0, 0.1) is 11.3 Å². The molecular formula is C32H38N2O2. The summed E-state index contributed by atoms with van der Waals surface area (Å²) in [4.78, 5) is 7.09. The lowest BCUT2D eigenvalue weighted by Crippen LogP contribution is -2.56. The number of aromatic nitrogens is 1. The van der Waals surface area contributed by atoms with E-state index in [-0.39, 0.29) is 16.6 Å². The van der Waals surface area contributed by atoms with E-state index in [0.29, 0.717) is 17.9 Å². The van der Waals surface area contributed by atoms with E-state index in [1.807, 2.05) is 12.4 Å². The highest BCUT2D eigenvalue weighted by molar-refractivity contribution is 5.82. The summed E-state index contributed by atoms with van der Waals surface area (Å²) in [6, 6.07) is 9.88. The van der Waals surface area contributed by atoms with Crippen LogP contribution in [0.4, 0.5) is 0 Å². The molecule has 0 amide bonds. The molecule has 3 aliphatic carbocycles. The van der Waals surface area contributed by atoms with E-state index in [2.05, 4.69) is 53.2 Å².